The van der Waals surface area contributed by atoms with Crippen LogP contribution in [0.15, 0.2) is 48.5 Å². The highest BCUT2D eigenvalue weighted by Crippen LogP contribution is 2.11. The number of imidazole rings is 1. The highest BCUT2D eigenvalue weighted by molar-refractivity contribution is 5.98. The van der Waals surface area contributed by atoms with E-state index in [4.69, 9.17) is 0 Å². The van der Waals surface area contributed by atoms with Gasteiger partial charge in [-0.15, -0.1) is 0 Å². The number of hydrogen-bond acceptors (Lipinski definition) is 3. The van der Waals surface area contributed by atoms with Crippen molar-refractivity contribution in [1.82, 2.24) is 20.6 Å². The third-order valence-corrected chi connectivity index (χ3v) is 4.49. The van der Waals surface area contributed by atoms with Gasteiger partial charge in [0.2, 0.25) is 5.91 Å². The molecule has 0 spiro atoms. The van der Waals surface area contributed by atoms with E-state index < -0.39 is 6.04 Å². The molecule has 1 heterocycles. The van der Waals surface area contributed by atoms with Crippen LogP contribution in [0.4, 0.5) is 0 Å². The minimum atomic E-state index is -0.624. The van der Waals surface area contributed by atoms with E-state index in [1.54, 1.807) is 6.07 Å². The number of hydrogen-bond donors (Lipinski definition) is 3. The van der Waals surface area contributed by atoms with Crippen LogP contribution in [0.1, 0.15) is 35.6 Å². The number of aromatic amines is 1. The van der Waals surface area contributed by atoms with E-state index >= 15 is 0 Å². The summed E-state index contributed by atoms with van der Waals surface area (Å²) in [5, 5.41) is 5.72. The van der Waals surface area contributed by atoms with Gasteiger partial charge in [0.05, 0.1) is 17.6 Å². The number of fused-ring (bicyclic) bond motifs is 1. The van der Waals surface area contributed by atoms with E-state index in [0.29, 0.717) is 11.4 Å². The summed E-state index contributed by atoms with van der Waals surface area (Å²) in [5.74, 6) is 0.156. The molecule has 3 aromatic rings. The largest absolute Gasteiger partial charge is 0.347 e. The minimum absolute atomic E-state index is 0.0476. The first-order valence-electron chi connectivity index (χ1n) is 9.03. The third-order valence-electron chi connectivity index (χ3n) is 4.49. The van der Waals surface area contributed by atoms with Crippen LogP contribution in [0.3, 0.4) is 0 Å². The quantitative estimate of drug-likeness (QED) is 0.628. The van der Waals surface area contributed by atoms with Crippen LogP contribution in [-0.4, -0.2) is 27.8 Å². The van der Waals surface area contributed by atoms with Crippen molar-refractivity contribution >= 4 is 22.8 Å². The van der Waals surface area contributed by atoms with E-state index in [1.165, 1.54) is 0 Å². The summed E-state index contributed by atoms with van der Waals surface area (Å²) in [4.78, 5) is 32.9. The van der Waals surface area contributed by atoms with Crippen molar-refractivity contribution in [3.05, 3.63) is 65.5 Å². The topological polar surface area (TPSA) is 86.9 Å². The van der Waals surface area contributed by atoms with Crippen LogP contribution in [0, 0.1) is 12.8 Å². The van der Waals surface area contributed by atoms with Crippen molar-refractivity contribution in [2.75, 3.05) is 0 Å². The zero-order valence-electron chi connectivity index (χ0n) is 15.7. The molecule has 1 aromatic heterocycles. The standard InChI is InChI=1S/C21H24N4O2/c1-13(2)19(25-20(26)15-9-5-4-8-14(15)3)21(27)22-12-18-23-16-10-6-7-11-17(16)24-18/h4-11,13,19H,12H2,1-3H3,(H,22,27)(H,23,24)(H,25,26). The highest BCUT2D eigenvalue weighted by atomic mass is 16.2. The van der Waals surface area contributed by atoms with E-state index in [0.717, 1.165) is 16.6 Å². The molecule has 0 radical (unpaired) electrons. The average molecular weight is 364 g/mol. The van der Waals surface area contributed by atoms with Crippen LogP contribution in [0.5, 0.6) is 0 Å². The molecule has 0 saturated heterocycles. The molecule has 0 fully saturated rings. The van der Waals surface area contributed by atoms with Gasteiger partial charge >= 0.3 is 0 Å². The van der Waals surface area contributed by atoms with Gasteiger partial charge in [-0.1, -0.05) is 44.2 Å². The van der Waals surface area contributed by atoms with Gasteiger partial charge in [0.25, 0.3) is 5.91 Å². The Hall–Kier alpha value is -3.15. The maximum atomic E-state index is 12.7. The van der Waals surface area contributed by atoms with E-state index in [9.17, 15) is 9.59 Å². The second kappa shape index (κ2) is 8.03. The minimum Gasteiger partial charge on any atom is -0.347 e. The number of para-hydroxylation sites is 2. The summed E-state index contributed by atoms with van der Waals surface area (Å²) in [6.45, 7) is 5.96. The van der Waals surface area contributed by atoms with Gasteiger partial charge in [-0.3, -0.25) is 9.59 Å². The van der Waals surface area contributed by atoms with Gasteiger partial charge in [0, 0.05) is 5.56 Å². The lowest BCUT2D eigenvalue weighted by Gasteiger charge is -2.22. The Morgan fingerprint density at radius 1 is 1.07 bits per heavy atom. The molecule has 0 aliphatic rings. The van der Waals surface area contributed by atoms with E-state index in [1.807, 2.05) is 63.2 Å². The number of nitrogens with zero attached hydrogens (tertiary/aromatic N) is 1. The summed E-state index contributed by atoms with van der Waals surface area (Å²) < 4.78 is 0. The summed E-state index contributed by atoms with van der Waals surface area (Å²) in [6.07, 6.45) is 0. The molecule has 6 heteroatoms. The predicted octanol–water partition coefficient (Wildman–Crippen LogP) is 2.94. The van der Waals surface area contributed by atoms with E-state index in [2.05, 4.69) is 20.6 Å². The Kier molecular flexibility index (Phi) is 5.54. The number of carbonyl (C=O) groups is 2. The molecule has 140 valence electrons. The molecular formula is C21H24N4O2. The number of carbonyl (C=O) groups excluding carboxylic acids is 2. The zero-order chi connectivity index (χ0) is 19.4. The number of amides is 2. The number of benzene rings is 2. The molecule has 1 unspecified atom stereocenters. The molecule has 2 aromatic carbocycles. The second-order valence-electron chi connectivity index (χ2n) is 6.93. The maximum absolute atomic E-state index is 12.7. The Morgan fingerprint density at radius 3 is 2.48 bits per heavy atom. The lowest BCUT2D eigenvalue weighted by atomic mass is 10.0. The normalized spacial score (nSPS) is 12.1. The van der Waals surface area contributed by atoms with Crippen LogP contribution in [0.2, 0.25) is 0 Å². The molecule has 27 heavy (non-hydrogen) atoms. The van der Waals surface area contributed by atoms with Crippen LogP contribution in [0.25, 0.3) is 11.0 Å². The predicted molar refractivity (Wildman–Crippen MR) is 105 cm³/mol. The molecular weight excluding hydrogens is 340 g/mol. The van der Waals surface area contributed by atoms with Crippen molar-refractivity contribution in [3.63, 3.8) is 0 Å². The number of nitrogens with one attached hydrogen (secondary N) is 3. The molecule has 6 nitrogen and oxygen atoms in total. The van der Waals surface area contributed by atoms with Gasteiger partial charge in [0.1, 0.15) is 11.9 Å². The van der Waals surface area contributed by atoms with E-state index in [-0.39, 0.29) is 24.3 Å². The van der Waals surface area contributed by atoms with Crippen molar-refractivity contribution in [1.29, 1.82) is 0 Å². The van der Waals surface area contributed by atoms with Crippen LogP contribution < -0.4 is 10.6 Å². The van der Waals surface area contributed by atoms with Crippen LogP contribution in [-0.2, 0) is 11.3 Å². The van der Waals surface area contributed by atoms with Crippen molar-refractivity contribution in [2.45, 2.75) is 33.4 Å². The first kappa shape index (κ1) is 18.6. The lowest BCUT2D eigenvalue weighted by molar-refractivity contribution is -0.124. The first-order valence-corrected chi connectivity index (χ1v) is 9.03. The van der Waals surface area contributed by atoms with Gasteiger partial charge in [-0.2, -0.15) is 0 Å². The molecule has 1 atom stereocenters. The summed E-state index contributed by atoms with van der Waals surface area (Å²) in [6, 6.07) is 14.4. The summed E-state index contributed by atoms with van der Waals surface area (Å²) >= 11 is 0. The van der Waals surface area contributed by atoms with Gasteiger partial charge in [0.15, 0.2) is 0 Å². The Balaban J connectivity index is 1.66. The fourth-order valence-electron chi connectivity index (χ4n) is 2.95. The summed E-state index contributed by atoms with van der Waals surface area (Å²) in [5.41, 5.74) is 3.23. The maximum Gasteiger partial charge on any atom is 0.252 e. The van der Waals surface area contributed by atoms with Gasteiger partial charge in [-0.25, -0.2) is 4.98 Å². The summed E-state index contributed by atoms with van der Waals surface area (Å²) in [7, 11) is 0. The zero-order valence-corrected chi connectivity index (χ0v) is 15.7. The van der Waals surface area contributed by atoms with Crippen LogP contribution >= 0.6 is 0 Å². The molecule has 3 rings (SSSR count). The number of aryl methyl sites for hydroxylation is 1. The smallest absolute Gasteiger partial charge is 0.252 e. The highest BCUT2D eigenvalue weighted by Gasteiger charge is 2.25. The Labute approximate surface area is 158 Å². The number of H-pyrrole nitrogens is 1. The fraction of sp³-hybridized carbons (Fsp3) is 0.286. The fourth-order valence-corrected chi connectivity index (χ4v) is 2.95. The molecule has 0 aliphatic heterocycles. The lowest BCUT2D eigenvalue weighted by Crippen LogP contribution is -2.49. The van der Waals surface area contributed by atoms with Crippen molar-refractivity contribution < 1.29 is 9.59 Å². The first-order chi connectivity index (χ1) is 13.0. The monoisotopic (exact) mass is 364 g/mol. The Bertz CT molecular complexity index is 928. The van der Waals surface area contributed by atoms with Crippen molar-refractivity contribution in [3.8, 4) is 0 Å². The van der Waals surface area contributed by atoms with Gasteiger partial charge < -0.3 is 15.6 Å². The molecule has 0 aliphatic carbocycles. The Morgan fingerprint density at radius 2 is 1.78 bits per heavy atom. The SMILES string of the molecule is Cc1ccccc1C(=O)NC(C(=O)NCc1nc2ccccc2[nH]1)C(C)C. The van der Waals surface area contributed by atoms with Crippen molar-refractivity contribution in [2.24, 2.45) is 5.92 Å². The average Bonchev–Trinajstić information content (AvgIpc) is 3.07. The molecule has 0 bridgehead atoms. The molecule has 0 saturated carbocycles. The number of aromatic nitrogens is 2. The molecule has 2 amide bonds. The number of rotatable bonds is 6. The van der Waals surface area contributed by atoms with Gasteiger partial charge in [-0.05, 0) is 36.6 Å². The molecule has 3 N–H and O–H groups in total. The third kappa shape index (κ3) is 4.34. The second-order valence-corrected chi connectivity index (χ2v) is 6.93.